The van der Waals surface area contributed by atoms with Crippen LogP contribution in [0.2, 0.25) is 0 Å². The van der Waals surface area contributed by atoms with Gasteiger partial charge < -0.3 is 9.64 Å². The molecule has 7 heteroatoms. The molecule has 2 aliphatic heterocycles. The van der Waals surface area contributed by atoms with E-state index in [4.69, 9.17) is 4.74 Å². The molecule has 7 nitrogen and oxygen atoms in total. The maximum absolute atomic E-state index is 5.28. The van der Waals surface area contributed by atoms with Crippen LogP contribution in [-0.4, -0.2) is 70.1 Å². The fraction of sp³-hybridized carbons (Fsp3) is 0.611. The van der Waals surface area contributed by atoms with Crippen LogP contribution in [0.5, 0.6) is 0 Å². The number of imidazole rings is 1. The Labute approximate surface area is 148 Å². The molecule has 4 rings (SSSR count). The van der Waals surface area contributed by atoms with E-state index in [9.17, 15) is 0 Å². The van der Waals surface area contributed by atoms with Crippen LogP contribution < -0.4 is 4.90 Å². The summed E-state index contributed by atoms with van der Waals surface area (Å²) in [5.74, 6) is 1.74. The molecule has 2 unspecified atom stereocenters. The number of fused-ring (bicyclic) bond motifs is 2. The van der Waals surface area contributed by atoms with Crippen LogP contribution in [0.25, 0.3) is 5.82 Å². The van der Waals surface area contributed by atoms with Gasteiger partial charge >= 0.3 is 0 Å². The normalized spacial score (nSPS) is 26.1. The number of aromatic nitrogens is 4. The molecule has 2 bridgehead atoms. The third kappa shape index (κ3) is 3.26. The van der Waals surface area contributed by atoms with Crippen LogP contribution in [0.3, 0.4) is 0 Å². The SMILES string of the molecule is COCCN1C2CCC1CC(N(C)c1ccc(-n3ccnc3)nn1)C2. The van der Waals surface area contributed by atoms with Crippen molar-refractivity contribution >= 4 is 5.82 Å². The standard InChI is InChI=1S/C18H26N6O/c1-22(17-5-6-18(21-20-17)23-8-7-19-13-23)16-11-14-3-4-15(12-16)24(14)9-10-25-2/h5-8,13-16H,3-4,9-12H2,1-2H3. The summed E-state index contributed by atoms with van der Waals surface area (Å²) in [5.41, 5.74) is 0. The van der Waals surface area contributed by atoms with Gasteiger partial charge in [-0.05, 0) is 37.8 Å². The van der Waals surface area contributed by atoms with E-state index in [1.54, 1.807) is 19.6 Å². The molecular weight excluding hydrogens is 316 g/mol. The van der Waals surface area contributed by atoms with Crippen molar-refractivity contribution in [3.8, 4) is 5.82 Å². The molecule has 0 saturated carbocycles. The molecular formula is C18H26N6O. The highest BCUT2D eigenvalue weighted by Crippen LogP contribution is 2.37. The van der Waals surface area contributed by atoms with Gasteiger partial charge in [-0.15, -0.1) is 10.2 Å². The van der Waals surface area contributed by atoms with Crippen LogP contribution in [-0.2, 0) is 4.74 Å². The lowest BCUT2D eigenvalue weighted by Crippen LogP contribution is -2.50. The average Bonchev–Trinajstić information content (AvgIpc) is 3.26. The van der Waals surface area contributed by atoms with E-state index >= 15 is 0 Å². The van der Waals surface area contributed by atoms with Gasteiger partial charge in [-0.25, -0.2) is 4.98 Å². The van der Waals surface area contributed by atoms with Crippen LogP contribution in [0.1, 0.15) is 25.7 Å². The van der Waals surface area contributed by atoms with Crippen molar-refractivity contribution in [1.29, 1.82) is 0 Å². The highest BCUT2D eigenvalue weighted by atomic mass is 16.5. The Kier molecular flexibility index (Phi) is 4.67. The molecule has 0 radical (unpaired) electrons. The molecule has 0 N–H and O–H groups in total. The van der Waals surface area contributed by atoms with Crippen LogP contribution >= 0.6 is 0 Å². The third-order valence-corrected chi connectivity index (χ3v) is 5.73. The maximum Gasteiger partial charge on any atom is 0.160 e. The Bertz CT molecular complexity index is 659. The van der Waals surface area contributed by atoms with E-state index in [1.807, 2.05) is 16.8 Å². The van der Waals surface area contributed by atoms with Crippen molar-refractivity contribution in [3.05, 3.63) is 30.9 Å². The second-order valence-corrected chi connectivity index (χ2v) is 7.07. The highest BCUT2D eigenvalue weighted by molar-refractivity contribution is 5.40. The number of anilines is 1. The zero-order chi connectivity index (χ0) is 17.2. The Morgan fingerprint density at radius 2 is 2.00 bits per heavy atom. The number of hydrogen-bond donors (Lipinski definition) is 0. The van der Waals surface area contributed by atoms with Gasteiger partial charge in [0, 0.05) is 51.2 Å². The smallest absolute Gasteiger partial charge is 0.160 e. The average molecular weight is 342 g/mol. The summed E-state index contributed by atoms with van der Waals surface area (Å²) in [7, 11) is 3.93. The van der Waals surface area contributed by atoms with E-state index in [1.165, 1.54) is 25.7 Å². The van der Waals surface area contributed by atoms with E-state index < -0.39 is 0 Å². The molecule has 0 aliphatic carbocycles. The van der Waals surface area contributed by atoms with Crippen molar-refractivity contribution in [3.63, 3.8) is 0 Å². The minimum atomic E-state index is 0.532. The molecule has 0 amide bonds. The zero-order valence-corrected chi connectivity index (χ0v) is 15.0. The molecule has 0 aromatic carbocycles. The van der Waals surface area contributed by atoms with Crippen molar-refractivity contribution < 1.29 is 4.74 Å². The number of hydrogen-bond acceptors (Lipinski definition) is 6. The van der Waals surface area contributed by atoms with Crippen LogP contribution in [0.4, 0.5) is 5.82 Å². The Morgan fingerprint density at radius 3 is 2.60 bits per heavy atom. The van der Waals surface area contributed by atoms with Gasteiger partial charge in [0.25, 0.3) is 0 Å². The van der Waals surface area contributed by atoms with Gasteiger partial charge in [0.15, 0.2) is 11.6 Å². The van der Waals surface area contributed by atoms with Gasteiger partial charge in [0.2, 0.25) is 0 Å². The van der Waals surface area contributed by atoms with Crippen molar-refractivity contribution in [1.82, 2.24) is 24.6 Å². The van der Waals surface area contributed by atoms with E-state index in [0.717, 1.165) is 24.8 Å². The summed E-state index contributed by atoms with van der Waals surface area (Å²) in [6.45, 7) is 1.89. The minimum Gasteiger partial charge on any atom is -0.383 e. The molecule has 2 saturated heterocycles. The summed E-state index contributed by atoms with van der Waals surface area (Å²) in [6.07, 6.45) is 10.4. The van der Waals surface area contributed by atoms with Crippen molar-refractivity contribution in [2.45, 2.75) is 43.8 Å². The summed E-state index contributed by atoms with van der Waals surface area (Å²) >= 11 is 0. The summed E-state index contributed by atoms with van der Waals surface area (Å²) in [4.78, 5) is 9.02. The molecule has 2 atom stereocenters. The van der Waals surface area contributed by atoms with Gasteiger partial charge in [-0.2, -0.15) is 0 Å². The quantitative estimate of drug-likeness (QED) is 0.797. The zero-order valence-electron chi connectivity index (χ0n) is 15.0. The molecule has 2 aliphatic rings. The lowest BCUT2D eigenvalue weighted by molar-refractivity contribution is 0.0830. The second-order valence-electron chi connectivity index (χ2n) is 7.07. The highest BCUT2D eigenvalue weighted by Gasteiger charge is 2.41. The van der Waals surface area contributed by atoms with Crippen LogP contribution in [0, 0.1) is 0 Å². The first-order valence-corrected chi connectivity index (χ1v) is 9.06. The first kappa shape index (κ1) is 16.5. The number of piperidine rings is 1. The molecule has 2 aromatic heterocycles. The second kappa shape index (κ2) is 7.09. The van der Waals surface area contributed by atoms with Crippen LogP contribution in [0.15, 0.2) is 30.9 Å². The molecule has 0 spiro atoms. The van der Waals surface area contributed by atoms with Gasteiger partial charge in [0.05, 0.1) is 6.61 Å². The molecule has 2 fully saturated rings. The number of ether oxygens (including phenoxy) is 1. The predicted molar refractivity (Wildman–Crippen MR) is 96.0 cm³/mol. The Hall–Kier alpha value is -1.99. The van der Waals surface area contributed by atoms with E-state index in [0.29, 0.717) is 18.1 Å². The van der Waals surface area contributed by atoms with Gasteiger partial charge in [-0.1, -0.05) is 0 Å². The molecule has 2 aromatic rings. The number of rotatable bonds is 6. The first-order chi connectivity index (χ1) is 12.3. The van der Waals surface area contributed by atoms with E-state index in [2.05, 4.69) is 38.1 Å². The lowest BCUT2D eigenvalue weighted by atomic mass is 9.96. The van der Waals surface area contributed by atoms with Gasteiger partial charge in [0.1, 0.15) is 6.33 Å². The number of nitrogens with zero attached hydrogens (tertiary/aromatic N) is 6. The van der Waals surface area contributed by atoms with Gasteiger partial charge in [-0.3, -0.25) is 9.47 Å². The largest absolute Gasteiger partial charge is 0.383 e. The van der Waals surface area contributed by atoms with E-state index in [-0.39, 0.29) is 0 Å². The summed E-state index contributed by atoms with van der Waals surface area (Å²) in [6, 6.07) is 5.95. The predicted octanol–water partition coefficient (Wildman–Crippen LogP) is 1.74. The maximum atomic E-state index is 5.28. The fourth-order valence-corrected chi connectivity index (χ4v) is 4.35. The Balaban J connectivity index is 1.43. The minimum absolute atomic E-state index is 0.532. The molecule has 134 valence electrons. The third-order valence-electron chi connectivity index (χ3n) is 5.73. The van der Waals surface area contributed by atoms with Crippen molar-refractivity contribution in [2.75, 3.05) is 32.2 Å². The number of methoxy groups -OCH3 is 1. The monoisotopic (exact) mass is 342 g/mol. The summed E-state index contributed by atoms with van der Waals surface area (Å²) in [5, 5.41) is 8.79. The first-order valence-electron chi connectivity index (χ1n) is 9.06. The Morgan fingerprint density at radius 1 is 1.20 bits per heavy atom. The molecule has 4 heterocycles. The molecule has 25 heavy (non-hydrogen) atoms. The topological polar surface area (TPSA) is 59.3 Å². The summed E-state index contributed by atoms with van der Waals surface area (Å²) < 4.78 is 7.14. The fourth-order valence-electron chi connectivity index (χ4n) is 4.35. The lowest BCUT2D eigenvalue weighted by Gasteiger charge is -2.42. The van der Waals surface area contributed by atoms with Crippen molar-refractivity contribution in [2.24, 2.45) is 0 Å².